The van der Waals surface area contributed by atoms with Crippen molar-refractivity contribution in [3.05, 3.63) is 90.0 Å². The van der Waals surface area contributed by atoms with E-state index < -0.39 is 17.6 Å². The van der Waals surface area contributed by atoms with Crippen molar-refractivity contribution in [3.63, 3.8) is 0 Å². The highest BCUT2D eigenvalue weighted by Gasteiger charge is 2.33. The number of alkyl halides is 3. The average molecular weight is 483 g/mol. The van der Waals surface area contributed by atoms with Gasteiger partial charge in [-0.05, 0) is 42.5 Å². The number of piperazine rings is 1. The van der Waals surface area contributed by atoms with Gasteiger partial charge in [-0.15, -0.1) is 0 Å². The van der Waals surface area contributed by atoms with Gasteiger partial charge in [0.1, 0.15) is 11.5 Å². The summed E-state index contributed by atoms with van der Waals surface area (Å²) in [4.78, 5) is 28.8. The van der Waals surface area contributed by atoms with Crippen molar-refractivity contribution in [2.24, 2.45) is 0 Å². The highest BCUT2D eigenvalue weighted by atomic mass is 19.4. The summed E-state index contributed by atoms with van der Waals surface area (Å²) in [5, 5.41) is 2.36. The largest absolute Gasteiger partial charge is 0.457 e. The monoisotopic (exact) mass is 483 g/mol. The number of amides is 2. The number of hydrogen-bond acceptors (Lipinski definition) is 4. The lowest BCUT2D eigenvalue weighted by atomic mass is 10.1. The Morgan fingerprint density at radius 2 is 1.49 bits per heavy atom. The van der Waals surface area contributed by atoms with E-state index >= 15 is 0 Å². The van der Waals surface area contributed by atoms with E-state index in [4.69, 9.17) is 4.74 Å². The van der Waals surface area contributed by atoms with Gasteiger partial charge in [0.2, 0.25) is 5.91 Å². The molecule has 3 aromatic rings. The first kappa shape index (κ1) is 24.3. The van der Waals surface area contributed by atoms with Crippen molar-refractivity contribution >= 4 is 17.5 Å². The fourth-order valence-electron chi connectivity index (χ4n) is 3.84. The van der Waals surface area contributed by atoms with E-state index in [0.29, 0.717) is 43.2 Å². The summed E-state index contributed by atoms with van der Waals surface area (Å²) < 4.78 is 45.2. The first-order chi connectivity index (χ1) is 16.8. The number of halogens is 3. The van der Waals surface area contributed by atoms with Crippen LogP contribution >= 0.6 is 0 Å². The standard InChI is InChI=1S/C26H24F3N3O3/c27-26(28,29)22-11-4-5-12-23(22)30-24(33)18-31-13-15-32(16-14-31)25(34)19-7-6-10-21(17-19)35-20-8-2-1-3-9-20/h1-12,17H,13-16,18H2,(H,30,33). The number of anilines is 1. The van der Waals surface area contributed by atoms with Crippen LogP contribution in [-0.2, 0) is 11.0 Å². The smallest absolute Gasteiger partial charge is 0.418 e. The van der Waals surface area contributed by atoms with Crippen LogP contribution in [0.25, 0.3) is 0 Å². The molecule has 0 bridgehead atoms. The molecule has 0 saturated carbocycles. The van der Waals surface area contributed by atoms with E-state index in [1.807, 2.05) is 35.2 Å². The second-order valence-corrected chi connectivity index (χ2v) is 8.10. The van der Waals surface area contributed by atoms with Gasteiger partial charge in [0.25, 0.3) is 5.91 Å². The van der Waals surface area contributed by atoms with Crippen molar-refractivity contribution in [2.45, 2.75) is 6.18 Å². The molecule has 1 fully saturated rings. The molecule has 0 spiro atoms. The van der Waals surface area contributed by atoms with Gasteiger partial charge in [-0.2, -0.15) is 13.2 Å². The van der Waals surface area contributed by atoms with Gasteiger partial charge in [-0.1, -0.05) is 36.4 Å². The van der Waals surface area contributed by atoms with E-state index in [9.17, 15) is 22.8 Å². The van der Waals surface area contributed by atoms with Crippen molar-refractivity contribution in [1.82, 2.24) is 9.80 Å². The fraction of sp³-hybridized carbons (Fsp3) is 0.231. The molecule has 0 aromatic heterocycles. The van der Waals surface area contributed by atoms with Crippen LogP contribution in [0.4, 0.5) is 18.9 Å². The zero-order valence-electron chi connectivity index (χ0n) is 18.8. The maximum absolute atomic E-state index is 13.1. The molecule has 0 aliphatic carbocycles. The number of ether oxygens (including phenoxy) is 1. The van der Waals surface area contributed by atoms with Crippen LogP contribution in [0.5, 0.6) is 11.5 Å². The lowest BCUT2D eigenvalue weighted by Gasteiger charge is -2.34. The summed E-state index contributed by atoms with van der Waals surface area (Å²) in [7, 11) is 0. The molecule has 0 unspecified atom stereocenters. The Kier molecular flexibility index (Phi) is 7.36. The molecule has 9 heteroatoms. The third-order valence-electron chi connectivity index (χ3n) is 5.59. The molecule has 4 rings (SSSR count). The van der Waals surface area contributed by atoms with Crippen LogP contribution in [0.15, 0.2) is 78.9 Å². The SMILES string of the molecule is O=C(CN1CCN(C(=O)c2cccc(Oc3ccccc3)c2)CC1)Nc1ccccc1C(F)(F)F. The maximum atomic E-state index is 13.1. The molecule has 1 aliphatic rings. The predicted molar refractivity (Wildman–Crippen MR) is 125 cm³/mol. The van der Waals surface area contributed by atoms with Gasteiger partial charge in [0.05, 0.1) is 17.8 Å². The average Bonchev–Trinajstić information content (AvgIpc) is 2.84. The third kappa shape index (κ3) is 6.39. The Hall–Kier alpha value is -3.85. The quantitative estimate of drug-likeness (QED) is 0.542. The number of benzene rings is 3. The Bertz CT molecular complexity index is 1180. The summed E-state index contributed by atoms with van der Waals surface area (Å²) in [5.41, 5.74) is -0.660. The van der Waals surface area contributed by atoms with Crippen LogP contribution in [-0.4, -0.2) is 54.3 Å². The number of carbonyl (C=O) groups is 2. The minimum atomic E-state index is -4.56. The zero-order chi connectivity index (χ0) is 24.8. The molecular formula is C26H24F3N3O3. The van der Waals surface area contributed by atoms with Crippen LogP contribution in [0.2, 0.25) is 0 Å². The molecule has 1 heterocycles. The number of hydrogen-bond donors (Lipinski definition) is 1. The minimum absolute atomic E-state index is 0.0609. The fourth-order valence-corrected chi connectivity index (χ4v) is 3.84. The van der Waals surface area contributed by atoms with Crippen molar-refractivity contribution < 1.29 is 27.5 Å². The number of nitrogens with zero attached hydrogens (tertiary/aromatic N) is 2. The summed E-state index contributed by atoms with van der Waals surface area (Å²) in [6.07, 6.45) is -4.56. The molecule has 1 aliphatic heterocycles. The number of carbonyl (C=O) groups excluding carboxylic acids is 2. The van der Waals surface area contributed by atoms with Gasteiger partial charge in [-0.25, -0.2) is 0 Å². The molecule has 6 nitrogen and oxygen atoms in total. The van der Waals surface area contributed by atoms with E-state index in [-0.39, 0.29) is 18.1 Å². The lowest BCUT2D eigenvalue weighted by Crippen LogP contribution is -2.50. The van der Waals surface area contributed by atoms with Gasteiger partial charge >= 0.3 is 6.18 Å². The van der Waals surface area contributed by atoms with Gasteiger partial charge < -0.3 is 15.0 Å². The molecular weight excluding hydrogens is 459 g/mol. The molecule has 0 atom stereocenters. The van der Waals surface area contributed by atoms with Gasteiger partial charge in [0.15, 0.2) is 0 Å². The van der Waals surface area contributed by atoms with Gasteiger partial charge in [0, 0.05) is 31.7 Å². The summed E-state index contributed by atoms with van der Waals surface area (Å²) >= 11 is 0. The van der Waals surface area contributed by atoms with E-state index in [0.717, 1.165) is 6.07 Å². The Morgan fingerprint density at radius 3 is 2.20 bits per heavy atom. The predicted octanol–water partition coefficient (Wildman–Crippen LogP) is 4.89. The molecule has 2 amide bonds. The van der Waals surface area contributed by atoms with E-state index in [1.54, 1.807) is 29.2 Å². The molecule has 35 heavy (non-hydrogen) atoms. The summed E-state index contributed by atoms with van der Waals surface area (Å²) in [6.45, 7) is 1.60. The zero-order valence-corrected chi connectivity index (χ0v) is 18.8. The van der Waals surface area contributed by atoms with E-state index in [1.165, 1.54) is 18.2 Å². The minimum Gasteiger partial charge on any atom is -0.457 e. The molecule has 3 aromatic carbocycles. The highest BCUT2D eigenvalue weighted by molar-refractivity contribution is 5.95. The molecule has 1 N–H and O–H groups in total. The van der Waals surface area contributed by atoms with E-state index in [2.05, 4.69) is 5.32 Å². The number of nitrogens with one attached hydrogen (secondary N) is 1. The highest BCUT2D eigenvalue weighted by Crippen LogP contribution is 2.34. The molecule has 182 valence electrons. The maximum Gasteiger partial charge on any atom is 0.418 e. The Labute approximate surface area is 200 Å². The second kappa shape index (κ2) is 10.6. The third-order valence-corrected chi connectivity index (χ3v) is 5.59. The second-order valence-electron chi connectivity index (χ2n) is 8.10. The topological polar surface area (TPSA) is 61.9 Å². The van der Waals surface area contributed by atoms with Crippen molar-refractivity contribution in [3.8, 4) is 11.5 Å². The Balaban J connectivity index is 1.30. The van der Waals surface area contributed by atoms with Crippen LogP contribution in [0, 0.1) is 0 Å². The van der Waals surface area contributed by atoms with Crippen LogP contribution in [0.3, 0.4) is 0 Å². The Morgan fingerprint density at radius 1 is 0.829 bits per heavy atom. The number of para-hydroxylation sites is 2. The van der Waals surface area contributed by atoms with Crippen molar-refractivity contribution in [1.29, 1.82) is 0 Å². The molecule has 0 radical (unpaired) electrons. The van der Waals surface area contributed by atoms with Crippen LogP contribution in [0.1, 0.15) is 15.9 Å². The summed E-state index contributed by atoms with van der Waals surface area (Å²) in [5.74, 6) is 0.539. The normalized spacial score (nSPS) is 14.4. The lowest BCUT2D eigenvalue weighted by molar-refractivity contribution is -0.137. The van der Waals surface area contributed by atoms with Crippen LogP contribution < -0.4 is 10.1 Å². The first-order valence-corrected chi connectivity index (χ1v) is 11.1. The van der Waals surface area contributed by atoms with Gasteiger partial charge in [-0.3, -0.25) is 14.5 Å². The summed E-state index contributed by atoms with van der Waals surface area (Å²) in [6, 6.07) is 21.1. The number of rotatable bonds is 6. The molecule has 1 saturated heterocycles. The first-order valence-electron chi connectivity index (χ1n) is 11.1. The van der Waals surface area contributed by atoms with Crippen molar-refractivity contribution in [2.75, 3.05) is 38.0 Å².